The minimum absolute atomic E-state index is 0.542. The second kappa shape index (κ2) is 7.16. The van der Waals surface area contributed by atoms with Gasteiger partial charge in [-0.15, -0.1) is 10.2 Å². The van der Waals surface area contributed by atoms with Crippen LogP contribution in [-0.2, 0) is 0 Å². The number of benzene rings is 2. The molecule has 27 heavy (non-hydrogen) atoms. The van der Waals surface area contributed by atoms with Crippen molar-refractivity contribution in [2.45, 2.75) is 0 Å². The van der Waals surface area contributed by atoms with E-state index >= 15 is 0 Å². The van der Waals surface area contributed by atoms with E-state index in [4.69, 9.17) is 19.3 Å². The molecule has 0 aliphatic rings. The largest absolute Gasteiger partial charge is 0.493 e. The molecule has 9 heteroatoms. The number of fused-ring (bicyclic) bond motifs is 1. The summed E-state index contributed by atoms with van der Waals surface area (Å²) >= 11 is 4.99. The molecule has 138 valence electrons. The second-order valence-corrected chi connectivity index (χ2v) is 7.33. The fourth-order valence-electron chi connectivity index (χ4n) is 2.75. The highest BCUT2D eigenvalue weighted by molar-refractivity contribution is 9.10. The van der Waals surface area contributed by atoms with Crippen LogP contribution in [0.5, 0.6) is 17.2 Å². The van der Waals surface area contributed by atoms with Gasteiger partial charge in [0.1, 0.15) is 5.01 Å². The summed E-state index contributed by atoms with van der Waals surface area (Å²) in [6, 6.07) is 11.6. The lowest BCUT2D eigenvalue weighted by Crippen LogP contribution is -1.96. The average molecular weight is 447 g/mol. The zero-order chi connectivity index (χ0) is 19.0. The van der Waals surface area contributed by atoms with E-state index < -0.39 is 0 Å². The maximum atomic E-state index is 5.44. The minimum atomic E-state index is 0.542. The van der Waals surface area contributed by atoms with Crippen LogP contribution < -0.4 is 14.2 Å². The van der Waals surface area contributed by atoms with E-state index in [-0.39, 0.29) is 0 Å². The summed E-state index contributed by atoms with van der Waals surface area (Å²) in [6.07, 6.45) is 0. The van der Waals surface area contributed by atoms with Crippen molar-refractivity contribution in [2.24, 2.45) is 0 Å². The van der Waals surface area contributed by atoms with E-state index in [1.54, 1.807) is 25.8 Å². The summed E-state index contributed by atoms with van der Waals surface area (Å²) in [5, 5.41) is 14.0. The topological polar surface area (TPSA) is 70.8 Å². The van der Waals surface area contributed by atoms with Crippen LogP contribution in [0.1, 0.15) is 0 Å². The molecule has 2 aromatic heterocycles. The summed E-state index contributed by atoms with van der Waals surface area (Å²) < 4.78 is 18.9. The summed E-state index contributed by atoms with van der Waals surface area (Å²) in [7, 11) is 4.75. The van der Waals surface area contributed by atoms with Crippen molar-refractivity contribution in [2.75, 3.05) is 21.3 Å². The van der Waals surface area contributed by atoms with E-state index in [2.05, 4.69) is 26.1 Å². The van der Waals surface area contributed by atoms with Crippen molar-refractivity contribution < 1.29 is 14.2 Å². The van der Waals surface area contributed by atoms with E-state index in [1.807, 2.05) is 36.4 Å². The number of hydrogen-bond donors (Lipinski definition) is 0. The molecule has 0 N–H and O–H groups in total. The Morgan fingerprint density at radius 1 is 0.963 bits per heavy atom. The monoisotopic (exact) mass is 446 g/mol. The number of hydrogen-bond acceptors (Lipinski definition) is 7. The van der Waals surface area contributed by atoms with Gasteiger partial charge < -0.3 is 14.2 Å². The molecule has 0 amide bonds. The number of rotatable bonds is 5. The summed E-state index contributed by atoms with van der Waals surface area (Å²) in [4.78, 5) is 0.699. The van der Waals surface area contributed by atoms with Crippen molar-refractivity contribution in [1.82, 2.24) is 19.8 Å². The smallest absolute Gasteiger partial charge is 0.235 e. The Hall–Kier alpha value is -2.65. The Morgan fingerprint density at radius 2 is 1.67 bits per heavy atom. The Morgan fingerprint density at radius 3 is 2.30 bits per heavy atom. The Balaban J connectivity index is 1.86. The molecule has 7 nitrogen and oxygen atoms in total. The third kappa shape index (κ3) is 3.02. The zero-order valence-electron chi connectivity index (χ0n) is 14.8. The van der Waals surface area contributed by atoms with Gasteiger partial charge in [0.2, 0.25) is 10.7 Å². The first-order chi connectivity index (χ1) is 13.2. The molecule has 0 radical (unpaired) electrons. The number of aromatic nitrogens is 4. The molecule has 0 bridgehead atoms. The molecule has 0 aliphatic heterocycles. The molecule has 0 fully saturated rings. The zero-order valence-corrected chi connectivity index (χ0v) is 17.2. The van der Waals surface area contributed by atoms with Crippen molar-refractivity contribution in [3.63, 3.8) is 0 Å². The summed E-state index contributed by atoms with van der Waals surface area (Å²) in [6.45, 7) is 0. The normalized spacial score (nSPS) is 11.0. The standard InChI is InChI=1S/C18H15BrN4O3S/c1-24-13-8-10(9-14(25-2)15(13)26-3)17-22-23-16(20-21-18(23)27-17)11-6-4-5-7-12(11)19/h4-9H,1-3H3. The molecule has 4 rings (SSSR count). The van der Waals surface area contributed by atoms with Crippen LogP contribution in [0.3, 0.4) is 0 Å². The average Bonchev–Trinajstić information content (AvgIpc) is 3.28. The van der Waals surface area contributed by atoms with Gasteiger partial charge in [0.15, 0.2) is 17.3 Å². The molecule has 2 heterocycles. The molecular weight excluding hydrogens is 432 g/mol. The molecule has 0 atom stereocenters. The predicted octanol–water partition coefficient (Wildman–Crippen LogP) is 4.31. The van der Waals surface area contributed by atoms with Crippen LogP contribution >= 0.6 is 27.3 Å². The molecule has 0 spiro atoms. The second-order valence-electron chi connectivity index (χ2n) is 5.52. The van der Waals surface area contributed by atoms with Gasteiger partial charge in [-0.3, -0.25) is 0 Å². The Kier molecular flexibility index (Phi) is 4.71. The number of methoxy groups -OCH3 is 3. The maximum Gasteiger partial charge on any atom is 0.235 e. The highest BCUT2D eigenvalue weighted by Gasteiger charge is 2.19. The third-order valence-electron chi connectivity index (χ3n) is 4.02. The Bertz CT molecular complexity index is 1100. The van der Waals surface area contributed by atoms with Crippen LogP contribution in [0.25, 0.3) is 26.9 Å². The van der Waals surface area contributed by atoms with Gasteiger partial charge in [0.05, 0.1) is 21.3 Å². The van der Waals surface area contributed by atoms with Crippen molar-refractivity contribution in [3.8, 4) is 39.2 Å². The first-order valence-corrected chi connectivity index (χ1v) is 9.54. The van der Waals surface area contributed by atoms with Crippen LogP contribution in [-0.4, -0.2) is 41.1 Å². The van der Waals surface area contributed by atoms with Crippen LogP contribution in [0, 0.1) is 0 Å². The number of nitrogens with zero attached hydrogens (tertiary/aromatic N) is 4. The lowest BCUT2D eigenvalue weighted by Gasteiger charge is -2.13. The molecule has 0 saturated carbocycles. The third-order valence-corrected chi connectivity index (χ3v) is 5.66. The van der Waals surface area contributed by atoms with Crippen molar-refractivity contribution in [1.29, 1.82) is 0 Å². The van der Waals surface area contributed by atoms with Crippen molar-refractivity contribution >= 4 is 32.2 Å². The van der Waals surface area contributed by atoms with Gasteiger partial charge in [-0.05, 0) is 24.3 Å². The number of halogens is 1. The van der Waals surface area contributed by atoms with Gasteiger partial charge in [-0.25, -0.2) is 0 Å². The molecule has 2 aromatic carbocycles. The number of ether oxygens (including phenoxy) is 3. The van der Waals surface area contributed by atoms with Gasteiger partial charge in [-0.1, -0.05) is 39.4 Å². The van der Waals surface area contributed by atoms with Crippen LogP contribution in [0.4, 0.5) is 0 Å². The van der Waals surface area contributed by atoms with Gasteiger partial charge in [-0.2, -0.15) is 9.61 Å². The quantitative estimate of drug-likeness (QED) is 0.454. The first-order valence-electron chi connectivity index (χ1n) is 7.93. The van der Waals surface area contributed by atoms with E-state index in [0.29, 0.717) is 28.0 Å². The minimum Gasteiger partial charge on any atom is -0.493 e. The van der Waals surface area contributed by atoms with E-state index in [9.17, 15) is 0 Å². The van der Waals surface area contributed by atoms with Crippen LogP contribution in [0.2, 0.25) is 0 Å². The van der Waals surface area contributed by atoms with E-state index in [1.165, 1.54) is 11.3 Å². The van der Waals surface area contributed by atoms with Crippen molar-refractivity contribution in [3.05, 3.63) is 40.9 Å². The Labute approximate surface area is 167 Å². The molecule has 0 saturated heterocycles. The summed E-state index contributed by atoms with van der Waals surface area (Å²) in [5.74, 6) is 2.36. The first kappa shape index (κ1) is 17.7. The van der Waals surface area contributed by atoms with Gasteiger partial charge >= 0.3 is 0 Å². The molecule has 0 unspecified atom stereocenters. The van der Waals surface area contributed by atoms with Gasteiger partial charge in [0, 0.05) is 15.6 Å². The maximum absolute atomic E-state index is 5.44. The highest BCUT2D eigenvalue weighted by atomic mass is 79.9. The molecule has 0 aliphatic carbocycles. The van der Waals surface area contributed by atoms with Gasteiger partial charge in [0.25, 0.3) is 0 Å². The van der Waals surface area contributed by atoms with E-state index in [0.717, 1.165) is 20.6 Å². The molecule has 4 aromatic rings. The fourth-order valence-corrected chi connectivity index (χ4v) is 4.04. The predicted molar refractivity (Wildman–Crippen MR) is 107 cm³/mol. The molecular formula is C18H15BrN4O3S. The highest BCUT2D eigenvalue weighted by Crippen LogP contribution is 2.42. The fraction of sp³-hybridized carbons (Fsp3) is 0.167. The van der Waals surface area contributed by atoms with Crippen LogP contribution in [0.15, 0.2) is 40.9 Å². The lowest BCUT2D eigenvalue weighted by molar-refractivity contribution is 0.324. The lowest BCUT2D eigenvalue weighted by atomic mass is 10.2. The summed E-state index contributed by atoms with van der Waals surface area (Å²) in [5.41, 5.74) is 1.77. The SMILES string of the molecule is COc1cc(-c2nn3c(-c4ccccc4Br)nnc3s2)cc(OC)c1OC.